The van der Waals surface area contributed by atoms with Gasteiger partial charge in [0.2, 0.25) is 11.8 Å². The van der Waals surface area contributed by atoms with E-state index in [9.17, 15) is 24.3 Å². The zero-order valence-corrected chi connectivity index (χ0v) is 21.2. The van der Waals surface area contributed by atoms with Crippen LogP contribution in [-0.2, 0) is 32.1 Å². The van der Waals surface area contributed by atoms with Gasteiger partial charge in [-0.15, -0.1) is 0 Å². The molecule has 0 saturated heterocycles. The van der Waals surface area contributed by atoms with Gasteiger partial charge >= 0.3 is 12.1 Å². The third-order valence-electron chi connectivity index (χ3n) is 6.07. The molecule has 0 aromatic heterocycles. The highest BCUT2D eigenvalue weighted by Crippen LogP contribution is 2.33. The average Bonchev–Trinajstić information content (AvgIpc) is 3.28. The second-order valence-electron chi connectivity index (χ2n) is 8.90. The van der Waals surface area contributed by atoms with E-state index in [4.69, 9.17) is 16.9 Å². The van der Waals surface area contributed by atoms with Gasteiger partial charge in [-0.1, -0.05) is 24.3 Å². The van der Waals surface area contributed by atoms with Crippen molar-refractivity contribution in [1.29, 1.82) is 5.41 Å². The fourth-order valence-electron chi connectivity index (χ4n) is 4.03. The molecule has 3 amide bonds. The van der Waals surface area contributed by atoms with Gasteiger partial charge in [0.1, 0.15) is 17.5 Å². The largest absolute Gasteiger partial charge is 0.481 e. The Kier molecular flexibility index (Phi) is 9.28. The number of aliphatic carboxylic acids is 1. The van der Waals surface area contributed by atoms with E-state index in [1.165, 1.54) is 0 Å². The van der Waals surface area contributed by atoms with Gasteiger partial charge in [0.25, 0.3) is 0 Å². The molecule has 39 heavy (non-hydrogen) atoms. The fourth-order valence-corrected chi connectivity index (χ4v) is 4.03. The molecule has 0 radical (unpaired) electrons. The van der Waals surface area contributed by atoms with E-state index in [0.717, 1.165) is 18.2 Å². The van der Waals surface area contributed by atoms with Crippen LogP contribution < -0.4 is 27.4 Å². The Morgan fingerprint density at radius 1 is 1.13 bits per heavy atom. The summed E-state index contributed by atoms with van der Waals surface area (Å²) in [6.07, 6.45) is -2.45. The van der Waals surface area contributed by atoms with Crippen molar-refractivity contribution in [2.45, 2.75) is 37.5 Å². The number of alkyl carbamates (subject to hydrolysis) is 1. The van der Waals surface area contributed by atoms with E-state index in [0.29, 0.717) is 16.8 Å². The lowest BCUT2D eigenvalue weighted by molar-refractivity contribution is -0.138. The molecule has 1 heterocycles. The zero-order chi connectivity index (χ0) is 28.6. The van der Waals surface area contributed by atoms with Crippen molar-refractivity contribution in [2.24, 2.45) is 21.7 Å². The first-order valence-corrected chi connectivity index (χ1v) is 11.9. The Hall–Kier alpha value is -4.85. The Bertz CT molecular complexity index is 1310. The topological polar surface area (TPSA) is 234 Å². The van der Waals surface area contributed by atoms with Gasteiger partial charge in [0, 0.05) is 30.5 Å². The highest BCUT2D eigenvalue weighted by molar-refractivity contribution is 5.95. The highest BCUT2D eigenvalue weighted by Gasteiger charge is 2.41. The van der Waals surface area contributed by atoms with Crippen LogP contribution in [0.15, 0.2) is 52.7 Å². The lowest BCUT2D eigenvalue weighted by Crippen LogP contribution is -2.61. The molecule has 2 aromatic carbocycles. The molecule has 1 aliphatic rings. The molecule has 0 fully saturated rings. The number of methoxy groups -OCH3 is 1. The Morgan fingerprint density at radius 2 is 1.90 bits per heavy atom. The van der Waals surface area contributed by atoms with Crippen LogP contribution in [-0.4, -0.2) is 54.0 Å². The monoisotopic (exact) mass is 538 g/mol. The first kappa shape index (κ1) is 28.7. The molecule has 3 rings (SSSR count). The van der Waals surface area contributed by atoms with Gasteiger partial charge in [-0.25, -0.2) is 4.79 Å². The minimum atomic E-state index is -1.79. The minimum Gasteiger partial charge on any atom is -0.481 e. The van der Waals surface area contributed by atoms with Gasteiger partial charge in [-0.05, 0) is 35.7 Å². The van der Waals surface area contributed by atoms with Crippen LogP contribution in [0.25, 0.3) is 0 Å². The Labute approximate surface area is 223 Å². The number of carbonyl (C=O) groups is 4. The molecule has 0 spiro atoms. The van der Waals surface area contributed by atoms with E-state index >= 15 is 0 Å². The van der Waals surface area contributed by atoms with E-state index < -0.39 is 48.5 Å². The van der Waals surface area contributed by atoms with Gasteiger partial charge in [0.15, 0.2) is 0 Å². The number of nitrogen functional groups attached to an aromatic ring is 1. The van der Waals surface area contributed by atoms with E-state index in [2.05, 4.69) is 30.9 Å². The number of carboxylic acids is 1. The molecule has 0 aliphatic carbocycles. The molecule has 0 bridgehead atoms. The SMILES string of the molecule is COC(=O)NC(CCC(=O)O)(Cc1cccc(C(=N)N)c1)C(=O)NCC(=O)NCc1ccc2c(c1)C(N)N=N2. The first-order valence-electron chi connectivity index (χ1n) is 11.9. The fraction of sp³-hybridized carbons (Fsp3) is 0.320. The molecule has 0 saturated carbocycles. The van der Waals surface area contributed by atoms with Gasteiger partial charge < -0.3 is 37.3 Å². The van der Waals surface area contributed by atoms with Crippen LogP contribution in [0.3, 0.4) is 0 Å². The number of amides is 3. The Balaban J connectivity index is 1.74. The number of nitrogens with one attached hydrogen (secondary N) is 4. The number of ether oxygens (including phenoxy) is 1. The number of nitrogens with zero attached hydrogens (tertiary/aromatic N) is 2. The summed E-state index contributed by atoms with van der Waals surface area (Å²) in [5.41, 5.74) is 12.7. The summed E-state index contributed by atoms with van der Waals surface area (Å²) in [5, 5.41) is 32.4. The third kappa shape index (κ3) is 7.58. The first-order chi connectivity index (χ1) is 18.5. The number of azo groups is 1. The molecule has 2 atom stereocenters. The predicted molar refractivity (Wildman–Crippen MR) is 139 cm³/mol. The number of rotatable bonds is 12. The van der Waals surface area contributed by atoms with Gasteiger partial charge in [-0.3, -0.25) is 19.8 Å². The maximum Gasteiger partial charge on any atom is 0.407 e. The van der Waals surface area contributed by atoms with E-state index in [1.807, 2.05) is 0 Å². The molecule has 14 nitrogen and oxygen atoms in total. The molecule has 14 heteroatoms. The van der Waals surface area contributed by atoms with Gasteiger partial charge in [-0.2, -0.15) is 10.2 Å². The van der Waals surface area contributed by atoms with Gasteiger partial charge in [0.05, 0.1) is 19.3 Å². The second kappa shape index (κ2) is 12.6. The summed E-state index contributed by atoms with van der Waals surface area (Å²) in [6.45, 7) is -0.295. The van der Waals surface area contributed by atoms with Crippen LogP contribution in [0.2, 0.25) is 0 Å². The van der Waals surface area contributed by atoms with Crippen LogP contribution in [0.4, 0.5) is 10.5 Å². The maximum atomic E-state index is 13.4. The van der Waals surface area contributed by atoms with Crippen molar-refractivity contribution < 1.29 is 29.0 Å². The molecule has 206 valence electrons. The zero-order valence-electron chi connectivity index (χ0n) is 21.2. The number of carboxylic acid groups (broad SMARTS) is 1. The number of hydrogen-bond donors (Lipinski definition) is 7. The summed E-state index contributed by atoms with van der Waals surface area (Å²) in [7, 11) is 1.10. The normalized spacial score (nSPS) is 15.0. The maximum absolute atomic E-state index is 13.4. The lowest BCUT2D eigenvalue weighted by Gasteiger charge is -2.33. The number of nitrogens with two attached hydrogens (primary N) is 2. The van der Waals surface area contributed by atoms with Crippen molar-refractivity contribution in [3.8, 4) is 0 Å². The molecular formula is C25H30N8O6. The number of amidine groups is 1. The minimum absolute atomic E-state index is 0.150. The number of carbonyl (C=O) groups excluding carboxylic acids is 3. The van der Waals surface area contributed by atoms with Crippen molar-refractivity contribution in [3.05, 3.63) is 64.7 Å². The van der Waals surface area contributed by atoms with Crippen molar-refractivity contribution in [3.63, 3.8) is 0 Å². The summed E-state index contributed by atoms with van der Waals surface area (Å²) in [4.78, 5) is 49.6. The lowest BCUT2D eigenvalue weighted by atomic mass is 9.84. The van der Waals surface area contributed by atoms with Crippen molar-refractivity contribution in [2.75, 3.05) is 13.7 Å². The Morgan fingerprint density at radius 3 is 2.59 bits per heavy atom. The highest BCUT2D eigenvalue weighted by atomic mass is 16.5. The molecule has 2 unspecified atom stereocenters. The standard InChI is InChI=1S/C25H30N8O6/c1-39-24(38)31-25(8-7-20(35)36,11-14-3-2-4-16(9-14)21(26)27)23(37)30-13-19(34)29-12-15-5-6-18-17(10-15)22(28)33-32-18/h2-6,9-10,22H,7-8,11-13,28H2,1H3,(H3,26,27)(H,29,34)(H,30,37)(H,31,38)(H,35,36). The summed E-state index contributed by atoms with van der Waals surface area (Å²) >= 11 is 0. The molecule has 9 N–H and O–H groups in total. The number of fused-ring (bicyclic) bond motifs is 1. The summed E-state index contributed by atoms with van der Waals surface area (Å²) in [5.74, 6) is -2.71. The quantitative estimate of drug-likeness (QED) is 0.151. The van der Waals surface area contributed by atoms with E-state index in [-0.39, 0.29) is 25.2 Å². The van der Waals surface area contributed by atoms with Crippen LogP contribution in [0.5, 0.6) is 0 Å². The van der Waals surface area contributed by atoms with E-state index in [1.54, 1.807) is 42.5 Å². The van der Waals surface area contributed by atoms with Crippen LogP contribution >= 0.6 is 0 Å². The summed E-state index contributed by atoms with van der Waals surface area (Å²) < 4.78 is 4.68. The number of benzene rings is 2. The van der Waals surface area contributed by atoms with Crippen molar-refractivity contribution >= 4 is 35.4 Å². The van der Waals surface area contributed by atoms with Crippen LogP contribution in [0.1, 0.15) is 41.3 Å². The molecular weight excluding hydrogens is 508 g/mol. The molecule has 1 aliphatic heterocycles. The number of hydrogen-bond acceptors (Lipinski definition) is 9. The summed E-state index contributed by atoms with van der Waals surface area (Å²) in [6, 6.07) is 11.7. The van der Waals surface area contributed by atoms with Crippen LogP contribution in [0, 0.1) is 5.41 Å². The second-order valence-corrected chi connectivity index (χ2v) is 8.90. The average molecular weight is 539 g/mol. The predicted octanol–water partition coefficient (Wildman–Crippen LogP) is 0.960. The smallest absolute Gasteiger partial charge is 0.407 e. The third-order valence-corrected chi connectivity index (χ3v) is 6.07. The molecule has 2 aromatic rings. The van der Waals surface area contributed by atoms with Crippen molar-refractivity contribution in [1.82, 2.24) is 16.0 Å².